The van der Waals surface area contributed by atoms with Gasteiger partial charge < -0.3 is 57.6 Å². The number of esters is 6. The van der Waals surface area contributed by atoms with Gasteiger partial charge in [0.2, 0.25) is 0 Å². The molecule has 0 radical (unpaired) electrons. The van der Waals surface area contributed by atoms with E-state index in [0.29, 0.717) is 97.1 Å². The van der Waals surface area contributed by atoms with Crippen molar-refractivity contribution < 1.29 is 86.3 Å². The molecule has 18 nitrogen and oxygen atoms in total. The molecule has 0 heterocycles. The van der Waals surface area contributed by atoms with E-state index in [4.69, 9.17) is 57.6 Å². The summed E-state index contributed by atoms with van der Waals surface area (Å²) in [6, 6.07) is 0. The van der Waals surface area contributed by atoms with Crippen LogP contribution in [-0.2, 0) is 76.1 Å². The van der Waals surface area contributed by atoms with Crippen molar-refractivity contribution in [3.8, 4) is 0 Å². The van der Waals surface area contributed by atoms with E-state index in [1.807, 2.05) is 13.8 Å². The van der Waals surface area contributed by atoms with Crippen LogP contribution in [0.1, 0.15) is 181 Å². The average molecular weight is 1010 g/mol. The summed E-state index contributed by atoms with van der Waals surface area (Å²) < 4.78 is 53.1. The second-order valence-electron chi connectivity index (χ2n) is 18.0. The van der Waals surface area contributed by atoms with Gasteiger partial charge in [0.15, 0.2) is 0 Å². The molecule has 0 saturated carbocycles. The van der Waals surface area contributed by atoms with Gasteiger partial charge in [-0.15, -0.1) is 0 Å². The third-order valence-electron chi connectivity index (χ3n) is 11.7. The minimum Gasteiger partial charge on any atom is -0.465 e. The first-order valence-electron chi connectivity index (χ1n) is 26.0. The number of methoxy groups -OCH3 is 4. The standard InChI is InChI=1S/C27H50O9.C25H46O9/c1-5-27(21-34-24(28)15-9-6-12-18-31-2,22-35-25(29)16-10-7-13-19-32-3)23-36-26(30)17-11-8-14-20-33-4;1-3-25(19-32-22(28)13-7-4-10-16-26,20-33-23(29)14-8-5-11-17-27)21-34-24(30)15-9-6-12-18-31-2/h5-23H2,1-4H3;26-27H,3-21H2,1-2H3. The third-order valence-corrected chi connectivity index (χ3v) is 11.7. The largest absolute Gasteiger partial charge is 0.465 e. The Labute approximate surface area is 420 Å². The normalized spacial score (nSPS) is 11.3. The first-order chi connectivity index (χ1) is 33.8. The van der Waals surface area contributed by atoms with Gasteiger partial charge in [0, 0.05) is 107 Å². The molecule has 0 aromatic heterocycles. The zero-order valence-corrected chi connectivity index (χ0v) is 44.3. The molecule has 0 amide bonds. The van der Waals surface area contributed by atoms with E-state index in [-0.39, 0.29) is 102 Å². The third kappa shape index (κ3) is 42.3. The van der Waals surface area contributed by atoms with Crippen molar-refractivity contribution in [3.05, 3.63) is 0 Å². The lowest BCUT2D eigenvalue weighted by Gasteiger charge is -2.31. The number of carbonyl (C=O) groups excluding carboxylic acids is 6. The molecular formula is C52H96O18. The van der Waals surface area contributed by atoms with Crippen molar-refractivity contribution in [3.63, 3.8) is 0 Å². The number of unbranched alkanes of at least 4 members (excludes halogenated alkanes) is 12. The summed E-state index contributed by atoms with van der Waals surface area (Å²) in [5.41, 5.74) is -1.59. The quantitative estimate of drug-likeness (QED) is 0.0334. The summed E-state index contributed by atoms with van der Waals surface area (Å²) in [6.45, 7) is 6.71. The van der Waals surface area contributed by atoms with Gasteiger partial charge in [-0.3, -0.25) is 28.8 Å². The number of carbonyl (C=O) groups is 6. The molecule has 0 aromatic carbocycles. The molecule has 0 atom stereocenters. The molecule has 0 aliphatic heterocycles. The molecule has 0 spiro atoms. The minimum atomic E-state index is -0.812. The zero-order valence-electron chi connectivity index (χ0n) is 44.3. The van der Waals surface area contributed by atoms with Crippen LogP contribution < -0.4 is 0 Å². The van der Waals surface area contributed by atoms with Crippen molar-refractivity contribution in [2.45, 2.75) is 181 Å². The van der Waals surface area contributed by atoms with Gasteiger partial charge in [-0.2, -0.15) is 0 Å². The molecule has 0 saturated heterocycles. The van der Waals surface area contributed by atoms with E-state index >= 15 is 0 Å². The van der Waals surface area contributed by atoms with Crippen molar-refractivity contribution in [1.29, 1.82) is 0 Å². The van der Waals surface area contributed by atoms with Crippen LogP contribution in [0, 0.1) is 10.8 Å². The Morgan fingerprint density at radius 1 is 0.300 bits per heavy atom. The molecule has 18 heteroatoms. The summed E-state index contributed by atoms with van der Waals surface area (Å²) in [5.74, 6) is -1.98. The molecule has 0 unspecified atom stereocenters. The maximum absolute atomic E-state index is 12.3. The number of ether oxygens (including phenoxy) is 10. The van der Waals surface area contributed by atoms with Crippen molar-refractivity contribution in [1.82, 2.24) is 0 Å². The fraction of sp³-hybridized carbons (Fsp3) is 0.885. The number of hydrogen-bond acceptors (Lipinski definition) is 18. The highest BCUT2D eigenvalue weighted by molar-refractivity contribution is 5.71. The molecule has 0 aromatic rings. The lowest BCUT2D eigenvalue weighted by Crippen LogP contribution is -2.39. The van der Waals surface area contributed by atoms with Crippen molar-refractivity contribution >= 4 is 35.8 Å². The molecule has 0 aliphatic rings. The molecular weight excluding hydrogens is 913 g/mol. The topological polar surface area (TPSA) is 235 Å². The number of aliphatic hydroxyl groups is 2. The first kappa shape index (κ1) is 68.7. The van der Waals surface area contributed by atoms with Crippen LogP contribution in [0.3, 0.4) is 0 Å². The predicted molar refractivity (Wildman–Crippen MR) is 264 cm³/mol. The van der Waals surface area contributed by atoms with Crippen LogP contribution in [0.4, 0.5) is 0 Å². The van der Waals surface area contributed by atoms with Crippen LogP contribution in [0.2, 0.25) is 0 Å². The zero-order chi connectivity index (χ0) is 52.4. The minimum absolute atomic E-state index is 0.00398. The average Bonchev–Trinajstić information content (AvgIpc) is 3.36. The molecule has 0 fully saturated rings. The molecule has 412 valence electrons. The van der Waals surface area contributed by atoms with E-state index in [1.54, 1.807) is 28.4 Å². The molecule has 0 aliphatic carbocycles. The maximum atomic E-state index is 12.3. The van der Waals surface area contributed by atoms with Crippen LogP contribution in [0.5, 0.6) is 0 Å². The number of hydrogen-bond donors (Lipinski definition) is 2. The summed E-state index contributed by atoms with van der Waals surface area (Å²) in [4.78, 5) is 73.3. The molecule has 0 rings (SSSR count). The van der Waals surface area contributed by atoms with Gasteiger partial charge in [-0.25, -0.2) is 0 Å². The Kier molecular flexibility index (Phi) is 48.2. The van der Waals surface area contributed by atoms with Gasteiger partial charge in [0.1, 0.15) is 39.6 Å². The molecule has 70 heavy (non-hydrogen) atoms. The van der Waals surface area contributed by atoms with E-state index in [0.717, 1.165) is 83.5 Å². The summed E-state index contributed by atoms with van der Waals surface area (Å²) in [5, 5.41) is 17.7. The molecule has 2 N–H and O–H groups in total. The number of rotatable bonds is 48. The van der Waals surface area contributed by atoms with Gasteiger partial charge in [0.05, 0.1) is 10.8 Å². The summed E-state index contributed by atoms with van der Waals surface area (Å²) >= 11 is 0. The van der Waals surface area contributed by atoms with Gasteiger partial charge in [0.25, 0.3) is 0 Å². The second kappa shape index (κ2) is 49.2. The Hall–Kier alpha value is -3.42. The first-order valence-corrected chi connectivity index (χ1v) is 26.0. The number of aliphatic hydroxyl groups excluding tert-OH is 2. The Morgan fingerprint density at radius 2 is 0.486 bits per heavy atom. The van der Waals surface area contributed by atoms with E-state index in [2.05, 4.69) is 0 Å². The van der Waals surface area contributed by atoms with Crippen molar-refractivity contribution in [2.75, 3.05) is 108 Å². The van der Waals surface area contributed by atoms with E-state index < -0.39 is 10.8 Å². The predicted octanol–water partition coefficient (Wildman–Crippen LogP) is 7.96. The molecule has 0 bridgehead atoms. The lowest BCUT2D eigenvalue weighted by atomic mass is 9.88. The SMILES string of the molecule is CCC(COC(=O)CCCCCO)(COC(=O)CCCCCO)COC(=O)CCCCCOC.CCC(COC(=O)CCCCCOC)(COC(=O)CCCCCOC)COC(=O)CCCCCOC. The highest BCUT2D eigenvalue weighted by Crippen LogP contribution is 2.27. The highest BCUT2D eigenvalue weighted by atomic mass is 16.6. The fourth-order valence-electron chi connectivity index (χ4n) is 6.58. The van der Waals surface area contributed by atoms with Gasteiger partial charge >= 0.3 is 35.8 Å². The van der Waals surface area contributed by atoms with Gasteiger partial charge in [-0.05, 0) is 89.9 Å². The van der Waals surface area contributed by atoms with Crippen LogP contribution in [0.25, 0.3) is 0 Å². The smallest absolute Gasteiger partial charge is 0.305 e. The maximum Gasteiger partial charge on any atom is 0.305 e. The summed E-state index contributed by atoms with van der Waals surface area (Å²) in [7, 11) is 6.60. The van der Waals surface area contributed by atoms with Crippen LogP contribution in [0.15, 0.2) is 0 Å². The van der Waals surface area contributed by atoms with Gasteiger partial charge in [-0.1, -0.05) is 52.4 Å². The lowest BCUT2D eigenvalue weighted by molar-refractivity contribution is -0.165. The van der Waals surface area contributed by atoms with Crippen LogP contribution >= 0.6 is 0 Å². The fourth-order valence-corrected chi connectivity index (χ4v) is 6.58. The Bertz CT molecular complexity index is 1190. The van der Waals surface area contributed by atoms with E-state index in [1.165, 1.54) is 0 Å². The van der Waals surface area contributed by atoms with Crippen LogP contribution in [-0.4, -0.2) is 154 Å². The van der Waals surface area contributed by atoms with Crippen molar-refractivity contribution in [2.24, 2.45) is 10.8 Å². The summed E-state index contributed by atoms with van der Waals surface area (Å²) in [6.07, 6.45) is 16.7. The Morgan fingerprint density at radius 3 is 0.643 bits per heavy atom. The second-order valence-corrected chi connectivity index (χ2v) is 18.0. The highest BCUT2D eigenvalue weighted by Gasteiger charge is 2.35. The monoisotopic (exact) mass is 1010 g/mol. The van der Waals surface area contributed by atoms with E-state index in [9.17, 15) is 28.8 Å². The Balaban J connectivity index is 0.